The number of benzene rings is 2. The van der Waals surface area contributed by atoms with Crippen LogP contribution in [0.2, 0.25) is 0 Å². The molecule has 0 bridgehead atoms. The van der Waals surface area contributed by atoms with Crippen molar-refractivity contribution in [3.05, 3.63) is 65.7 Å². The second kappa shape index (κ2) is 10.8. The number of hydrogen-bond donors (Lipinski definition) is 1. The highest BCUT2D eigenvalue weighted by molar-refractivity contribution is 7.89. The first-order valence-corrected chi connectivity index (χ1v) is 11.5. The number of hydrogen-bond acceptors (Lipinski definition) is 6. The molecule has 34 heavy (non-hydrogen) atoms. The predicted molar refractivity (Wildman–Crippen MR) is 116 cm³/mol. The van der Waals surface area contributed by atoms with Gasteiger partial charge in [-0.15, -0.1) is 0 Å². The summed E-state index contributed by atoms with van der Waals surface area (Å²) in [6.45, 7) is 0.519. The van der Waals surface area contributed by atoms with E-state index < -0.39 is 40.2 Å². The number of amides is 1. The van der Waals surface area contributed by atoms with Gasteiger partial charge in [-0.2, -0.15) is 17.5 Å². The van der Waals surface area contributed by atoms with Crippen molar-refractivity contribution in [1.82, 2.24) is 4.31 Å². The molecule has 2 aromatic carbocycles. The summed E-state index contributed by atoms with van der Waals surface area (Å²) in [4.78, 5) is 23.8. The van der Waals surface area contributed by atoms with Crippen LogP contribution in [0.5, 0.6) is 0 Å². The molecule has 0 spiro atoms. The molecule has 0 aromatic heterocycles. The first-order chi connectivity index (χ1) is 16.1. The maximum absolute atomic E-state index is 12.7. The Hall–Kier alpha value is -3.22. The molecule has 1 saturated heterocycles. The van der Waals surface area contributed by atoms with Gasteiger partial charge in [-0.25, -0.2) is 13.2 Å². The van der Waals surface area contributed by atoms with Gasteiger partial charge in [0.2, 0.25) is 10.0 Å². The molecule has 182 valence electrons. The van der Waals surface area contributed by atoms with Crippen LogP contribution in [0.25, 0.3) is 6.08 Å². The SMILES string of the molecule is O=C(COC(=O)/C=C/c1ccc(S(=O)(=O)N2CCOCC2)cc1)Nc1cccc(C(F)(F)F)c1. The Balaban J connectivity index is 1.50. The van der Waals surface area contributed by atoms with Crippen LogP contribution in [0.4, 0.5) is 18.9 Å². The number of esters is 1. The minimum absolute atomic E-state index is 0.0847. The van der Waals surface area contributed by atoms with Crippen molar-refractivity contribution in [3.63, 3.8) is 0 Å². The summed E-state index contributed by atoms with van der Waals surface area (Å²) in [6.07, 6.45) is -2.13. The summed E-state index contributed by atoms with van der Waals surface area (Å²) in [5.74, 6) is -1.66. The van der Waals surface area contributed by atoms with Gasteiger partial charge in [-0.1, -0.05) is 18.2 Å². The van der Waals surface area contributed by atoms with E-state index in [-0.39, 0.29) is 23.7 Å². The molecule has 3 rings (SSSR count). The Morgan fingerprint density at radius 1 is 1.09 bits per heavy atom. The lowest BCUT2D eigenvalue weighted by Gasteiger charge is -2.26. The third kappa shape index (κ3) is 6.89. The highest BCUT2D eigenvalue weighted by Crippen LogP contribution is 2.30. The first-order valence-electron chi connectivity index (χ1n) is 10.1. The van der Waals surface area contributed by atoms with Crippen LogP contribution in [-0.4, -0.2) is 57.5 Å². The highest BCUT2D eigenvalue weighted by atomic mass is 32.2. The van der Waals surface area contributed by atoms with Crippen LogP contribution in [0, 0.1) is 0 Å². The summed E-state index contributed by atoms with van der Waals surface area (Å²) in [5.41, 5.74) is -0.487. The summed E-state index contributed by atoms with van der Waals surface area (Å²) < 4.78 is 74.6. The highest BCUT2D eigenvalue weighted by Gasteiger charge is 2.30. The van der Waals surface area contributed by atoms with Gasteiger partial charge in [0, 0.05) is 24.9 Å². The molecule has 1 aliphatic heterocycles. The number of nitrogens with zero attached hydrogens (tertiary/aromatic N) is 1. The molecule has 0 aliphatic carbocycles. The lowest BCUT2D eigenvalue weighted by Crippen LogP contribution is -2.40. The van der Waals surface area contributed by atoms with Crippen LogP contribution >= 0.6 is 0 Å². The topological polar surface area (TPSA) is 102 Å². The van der Waals surface area contributed by atoms with Crippen LogP contribution in [0.15, 0.2) is 59.5 Å². The van der Waals surface area contributed by atoms with Gasteiger partial charge < -0.3 is 14.8 Å². The number of nitrogens with one attached hydrogen (secondary N) is 1. The van der Waals surface area contributed by atoms with Crippen molar-refractivity contribution < 1.29 is 40.7 Å². The van der Waals surface area contributed by atoms with Crippen LogP contribution in [-0.2, 0) is 35.3 Å². The average molecular weight is 498 g/mol. The molecule has 1 heterocycles. The van der Waals surface area contributed by atoms with E-state index in [1.54, 1.807) is 0 Å². The van der Waals surface area contributed by atoms with E-state index in [9.17, 15) is 31.2 Å². The Morgan fingerprint density at radius 2 is 1.76 bits per heavy atom. The third-order valence-corrected chi connectivity index (χ3v) is 6.63. The normalized spacial score (nSPS) is 15.3. The van der Waals surface area contributed by atoms with Crippen molar-refractivity contribution in [2.45, 2.75) is 11.1 Å². The van der Waals surface area contributed by atoms with E-state index in [0.717, 1.165) is 24.3 Å². The average Bonchev–Trinajstić information content (AvgIpc) is 2.82. The molecule has 0 radical (unpaired) electrons. The monoisotopic (exact) mass is 498 g/mol. The number of carbonyl (C=O) groups excluding carboxylic acids is 2. The second-order valence-corrected chi connectivity index (χ2v) is 9.09. The zero-order valence-electron chi connectivity index (χ0n) is 17.7. The molecule has 1 amide bonds. The number of carbonyl (C=O) groups is 2. The number of anilines is 1. The third-order valence-electron chi connectivity index (χ3n) is 4.72. The van der Waals surface area contributed by atoms with Crippen molar-refractivity contribution in [1.29, 1.82) is 0 Å². The number of ether oxygens (including phenoxy) is 2. The number of alkyl halides is 3. The fraction of sp³-hybridized carbons (Fsp3) is 0.273. The van der Waals surface area contributed by atoms with Gasteiger partial charge in [0.15, 0.2) is 6.61 Å². The summed E-state index contributed by atoms with van der Waals surface area (Å²) >= 11 is 0. The van der Waals surface area contributed by atoms with Gasteiger partial charge in [0.1, 0.15) is 0 Å². The number of halogens is 3. The molecule has 8 nitrogen and oxygen atoms in total. The quantitative estimate of drug-likeness (QED) is 0.465. The smallest absolute Gasteiger partial charge is 0.416 e. The van der Waals surface area contributed by atoms with Gasteiger partial charge in [-0.05, 0) is 42.0 Å². The van der Waals surface area contributed by atoms with Gasteiger partial charge in [0.25, 0.3) is 5.91 Å². The summed E-state index contributed by atoms with van der Waals surface area (Å²) in [6, 6.07) is 9.90. The maximum Gasteiger partial charge on any atom is 0.416 e. The van der Waals surface area contributed by atoms with E-state index >= 15 is 0 Å². The first kappa shape index (κ1) is 25.4. The molecule has 1 aliphatic rings. The van der Waals surface area contributed by atoms with Crippen molar-refractivity contribution in [2.24, 2.45) is 0 Å². The molecule has 1 fully saturated rings. The Morgan fingerprint density at radius 3 is 2.41 bits per heavy atom. The van der Waals surface area contributed by atoms with E-state index in [0.29, 0.717) is 18.8 Å². The molecule has 0 saturated carbocycles. The predicted octanol–water partition coefficient (Wildman–Crippen LogP) is 2.92. The lowest BCUT2D eigenvalue weighted by atomic mass is 10.2. The molecule has 1 N–H and O–H groups in total. The Kier molecular flexibility index (Phi) is 8.07. The fourth-order valence-electron chi connectivity index (χ4n) is 3.01. The number of sulfonamides is 1. The van der Waals surface area contributed by atoms with E-state index in [2.05, 4.69) is 5.32 Å². The Labute approximate surface area is 194 Å². The maximum atomic E-state index is 12.7. The summed E-state index contributed by atoms with van der Waals surface area (Å²) in [5, 5.41) is 2.22. The molecule has 12 heteroatoms. The van der Waals surface area contributed by atoms with E-state index in [4.69, 9.17) is 9.47 Å². The van der Waals surface area contributed by atoms with Gasteiger partial charge in [-0.3, -0.25) is 4.79 Å². The standard InChI is InChI=1S/C22H21F3N2O6S/c23-22(24,25)17-2-1-3-18(14-17)26-20(28)15-33-21(29)9-6-16-4-7-19(8-5-16)34(30,31)27-10-12-32-13-11-27/h1-9,14H,10-13,15H2,(H,26,28)/b9-6+. The van der Waals surface area contributed by atoms with Crippen molar-refractivity contribution in [3.8, 4) is 0 Å². The van der Waals surface area contributed by atoms with Crippen molar-refractivity contribution in [2.75, 3.05) is 38.2 Å². The molecular weight excluding hydrogens is 477 g/mol. The number of morpholine rings is 1. The largest absolute Gasteiger partial charge is 0.452 e. The van der Waals surface area contributed by atoms with E-state index in [1.165, 1.54) is 40.7 Å². The summed E-state index contributed by atoms with van der Waals surface area (Å²) in [7, 11) is -3.63. The molecular formula is C22H21F3N2O6S. The minimum Gasteiger partial charge on any atom is -0.452 e. The molecule has 0 unspecified atom stereocenters. The molecule has 0 atom stereocenters. The fourth-order valence-corrected chi connectivity index (χ4v) is 4.41. The van der Waals surface area contributed by atoms with E-state index in [1.807, 2.05) is 0 Å². The van der Waals surface area contributed by atoms with Crippen molar-refractivity contribution >= 4 is 33.7 Å². The van der Waals surface area contributed by atoms with Crippen LogP contribution in [0.1, 0.15) is 11.1 Å². The zero-order chi connectivity index (χ0) is 24.8. The molecule has 2 aromatic rings. The lowest BCUT2D eigenvalue weighted by molar-refractivity contribution is -0.142. The second-order valence-electron chi connectivity index (χ2n) is 7.15. The zero-order valence-corrected chi connectivity index (χ0v) is 18.6. The van der Waals surface area contributed by atoms with Gasteiger partial charge >= 0.3 is 12.1 Å². The minimum atomic E-state index is -4.55. The van der Waals surface area contributed by atoms with Crippen LogP contribution < -0.4 is 5.32 Å². The number of rotatable bonds is 7. The Bertz CT molecular complexity index is 1160. The van der Waals surface area contributed by atoms with Gasteiger partial charge in [0.05, 0.1) is 23.7 Å². The van der Waals surface area contributed by atoms with Crippen LogP contribution in [0.3, 0.4) is 0 Å².